The van der Waals surface area contributed by atoms with E-state index in [1.54, 1.807) is 19.2 Å². The number of benzene rings is 1. The summed E-state index contributed by atoms with van der Waals surface area (Å²) in [5.41, 5.74) is 1.11. The van der Waals surface area contributed by atoms with E-state index in [4.69, 9.17) is 4.74 Å². The topological polar surface area (TPSA) is 79.5 Å². The smallest absolute Gasteiger partial charge is 0.261 e. The first kappa shape index (κ1) is 23.0. The first-order valence-corrected chi connectivity index (χ1v) is 11.5. The summed E-state index contributed by atoms with van der Waals surface area (Å²) in [7, 11) is 1.57. The number of thiophene rings is 1. The van der Waals surface area contributed by atoms with Crippen molar-refractivity contribution in [2.45, 2.75) is 33.2 Å². The Morgan fingerprint density at radius 2 is 2.17 bits per heavy atom. The lowest BCUT2D eigenvalue weighted by atomic mass is 9.85. The molecule has 0 aliphatic carbocycles. The van der Waals surface area contributed by atoms with Crippen LogP contribution in [0, 0.1) is 14.8 Å². The second kappa shape index (κ2) is 9.19. The lowest BCUT2D eigenvalue weighted by molar-refractivity contribution is 0.0905. The molecule has 162 valence electrons. The molecule has 1 aliphatic heterocycles. The summed E-state index contributed by atoms with van der Waals surface area (Å²) in [4.78, 5) is 26.4. The van der Waals surface area contributed by atoms with Gasteiger partial charge in [-0.05, 0) is 65.1 Å². The van der Waals surface area contributed by atoms with E-state index in [0.717, 1.165) is 3.57 Å². The lowest BCUT2D eigenvalue weighted by Crippen LogP contribution is -2.36. The Morgan fingerprint density at radius 3 is 2.83 bits per heavy atom. The van der Waals surface area contributed by atoms with Crippen molar-refractivity contribution in [2.24, 2.45) is 5.41 Å². The zero-order valence-electron chi connectivity index (χ0n) is 17.3. The van der Waals surface area contributed by atoms with Crippen LogP contribution in [0.25, 0.3) is 0 Å². The van der Waals surface area contributed by atoms with Crippen LogP contribution in [0.15, 0.2) is 18.2 Å². The van der Waals surface area contributed by atoms with E-state index in [0.29, 0.717) is 40.6 Å². The Hall–Kier alpha value is -1.72. The SMILES string of the molecule is COCC(C)NC(=O)c1c(Nc2ccc(I)cc2F)sc2c1CC(C)(C)CNC2=O. The molecule has 1 atom stereocenters. The zero-order chi connectivity index (χ0) is 22.1. The van der Waals surface area contributed by atoms with E-state index >= 15 is 0 Å². The normalized spacial score (nSPS) is 16.3. The molecule has 1 aliphatic rings. The van der Waals surface area contributed by atoms with Crippen LogP contribution < -0.4 is 16.0 Å². The van der Waals surface area contributed by atoms with Crippen LogP contribution in [0.4, 0.5) is 15.1 Å². The number of carbonyl (C=O) groups excluding carboxylic acids is 2. The molecule has 0 bridgehead atoms. The van der Waals surface area contributed by atoms with Crippen molar-refractivity contribution in [2.75, 3.05) is 25.6 Å². The third kappa shape index (κ3) is 5.12. The zero-order valence-corrected chi connectivity index (χ0v) is 20.3. The quantitative estimate of drug-likeness (QED) is 0.473. The maximum Gasteiger partial charge on any atom is 0.261 e. The highest BCUT2D eigenvalue weighted by atomic mass is 127. The minimum absolute atomic E-state index is 0.212. The molecule has 0 saturated heterocycles. The van der Waals surface area contributed by atoms with Gasteiger partial charge >= 0.3 is 0 Å². The van der Waals surface area contributed by atoms with Crippen LogP contribution in [-0.2, 0) is 11.2 Å². The van der Waals surface area contributed by atoms with Crippen molar-refractivity contribution in [3.05, 3.63) is 43.6 Å². The second-order valence-electron chi connectivity index (χ2n) is 8.22. The number of anilines is 2. The van der Waals surface area contributed by atoms with E-state index < -0.39 is 5.82 Å². The molecule has 30 heavy (non-hydrogen) atoms. The van der Waals surface area contributed by atoms with Gasteiger partial charge in [-0.15, -0.1) is 11.3 Å². The summed E-state index contributed by atoms with van der Waals surface area (Å²) < 4.78 is 20.4. The van der Waals surface area contributed by atoms with Crippen LogP contribution in [0.2, 0.25) is 0 Å². The molecule has 0 spiro atoms. The number of methoxy groups -OCH3 is 1. The van der Waals surface area contributed by atoms with Gasteiger partial charge in [0, 0.05) is 23.3 Å². The second-order valence-corrected chi connectivity index (χ2v) is 10.5. The standard InChI is InChI=1S/C21H25FIN3O3S/c1-11(9-29-4)25-18(27)16-13-8-21(2,3)10-24-19(28)17(13)30-20(16)26-15-6-5-12(23)7-14(15)22/h5-7,11,26H,8-10H2,1-4H3,(H,24,28)(H,25,27). The Labute approximate surface area is 193 Å². The fraction of sp³-hybridized carbons (Fsp3) is 0.429. The molecule has 6 nitrogen and oxygen atoms in total. The highest BCUT2D eigenvalue weighted by Gasteiger charge is 2.34. The maximum atomic E-state index is 14.5. The van der Waals surface area contributed by atoms with Gasteiger partial charge in [0.25, 0.3) is 11.8 Å². The van der Waals surface area contributed by atoms with Crippen molar-refractivity contribution in [3.63, 3.8) is 0 Å². The third-order valence-corrected chi connectivity index (χ3v) is 6.61. The van der Waals surface area contributed by atoms with Gasteiger partial charge in [-0.2, -0.15) is 0 Å². The Morgan fingerprint density at radius 1 is 1.43 bits per heavy atom. The number of nitrogens with one attached hydrogen (secondary N) is 3. The molecule has 0 fully saturated rings. The maximum absolute atomic E-state index is 14.5. The summed E-state index contributed by atoms with van der Waals surface area (Å²) in [5.74, 6) is -0.943. The predicted octanol–water partition coefficient (Wildman–Crippen LogP) is 4.31. The molecule has 1 aromatic carbocycles. The van der Waals surface area contributed by atoms with Crippen LogP contribution in [0.1, 0.15) is 46.4 Å². The van der Waals surface area contributed by atoms with E-state index in [2.05, 4.69) is 16.0 Å². The number of ether oxygens (including phenoxy) is 1. The number of rotatable bonds is 6. The summed E-state index contributed by atoms with van der Waals surface area (Å²) in [6.45, 7) is 6.80. The average molecular weight is 545 g/mol. The van der Waals surface area contributed by atoms with Gasteiger partial charge in [-0.3, -0.25) is 9.59 Å². The van der Waals surface area contributed by atoms with Crippen molar-refractivity contribution in [3.8, 4) is 0 Å². The molecule has 2 amide bonds. The summed E-state index contributed by atoms with van der Waals surface area (Å²) in [6, 6.07) is 4.60. The number of hydrogen-bond donors (Lipinski definition) is 3. The fourth-order valence-corrected chi connectivity index (χ4v) is 4.99. The molecule has 3 rings (SSSR count). The minimum atomic E-state index is -0.422. The molecule has 1 aromatic heterocycles. The Bertz CT molecular complexity index is 977. The monoisotopic (exact) mass is 545 g/mol. The number of hydrogen-bond acceptors (Lipinski definition) is 5. The first-order chi connectivity index (χ1) is 14.1. The summed E-state index contributed by atoms with van der Waals surface area (Å²) >= 11 is 3.21. The molecular weight excluding hydrogens is 520 g/mol. The Kier molecular flexibility index (Phi) is 7.03. The average Bonchev–Trinajstić information content (AvgIpc) is 2.94. The number of halogens is 2. The number of fused-ring (bicyclic) bond motifs is 1. The molecule has 0 saturated carbocycles. The van der Waals surface area contributed by atoms with E-state index in [9.17, 15) is 14.0 Å². The van der Waals surface area contributed by atoms with Gasteiger partial charge in [-0.1, -0.05) is 13.8 Å². The highest BCUT2D eigenvalue weighted by molar-refractivity contribution is 14.1. The van der Waals surface area contributed by atoms with Crippen LogP contribution in [0.5, 0.6) is 0 Å². The van der Waals surface area contributed by atoms with Gasteiger partial charge < -0.3 is 20.7 Å². The third-order valence-electron chi connectivity index (χ3n) is 4.80. The van der Waals surface area contributed by atoms with Crippen LogP contribution in [0.3, 0.4) is 0 Å². The van der Waals surface area contributed by atoms with E-state index in [-0.39, 0.29) is 29.0 Å². The Balaban J connectivity index is 2.08. The lowest BCUT2D eigenvalue weighted by Gasteiger charge is -2.23. The van der Waals surface area contributed by atoms with E-state index in [1.165, 1.54) is 17.4 Å². The molecule has 2 aromatic rings. The highest BCUT2D eigenvalue weighted by Crippen LogP contribution is 2.40. The van der Waals surface area contributed by atoms with E-state index in [1.807, 2.05) is 43.4 Å². The van der Waals surface area contributed by atoms with Crippen molar-refractivity contribution < 1.29 is 18.7 Å². The van der Waals surface area contributed by atoms with Crippen LogP contribution in [-0.4, -0.2) is 38.1 Å². The molecule has 2 heterocycles. The molecule has 3 N–H and O–H groups in total. The minimum Gasteiger partial charge on any atom is -0.383 e. The predicted molar refractivity (Wildman–Crippen MR) is 125 cm³/mol. The van der Waals surface area contributed by atoms with Gasteiger partial charge in [0.05, 0.1) is 22.7 Å². The molecular formula is C21H25FIN3O3S. The first-order valence-electron chi connectivity index (χ1n) is 9.57. The summed E-state index contributed by atoms with van der Waals surface area (Å²) in [6.07, 6.45) is 0.551. The van der Waals surface area contributed by atoms with Crippen LogP contribution >= 0.6 is 33.9 Å². The number of carbonyl (C=O) groups is 2. The molecule has 9 heteroatoms. The molecule has 0 radical (unpaired) electrons. The van der Waals surface area contributed by atoms with Gasteiger partial charge in [0.1, 0.15) is 10.8 Å². The van der Waals surface area contributed by atoms with Gasteiger partial charge in [0.15, 0.2) is 0 Å². The van der Waals surface area contributed by atoms with Crippen molar-refractivity contribution in [1.29, 1.82) is 0 Å². The number of amides is 2. The largest absolute Gasteiger partial charge is 0.383 e. The van der Waals surface area contributed by atoms with Gasteiger partial charge in [-0.25, -0.2) is 4.39 Å². The fourth-order valence-electron chi connectivity index (χ4n) is 3.39. The van der Waals surface area contributed by atoms with Crippen molar-refractivity contribution in [1.82, 2.24) is 10.6 Å². The van der Waals surface area contributed by atoms with Gasteiger partial charge in [0.2, 0.25) is 0 Å². The van der Waals surface area contributed by atoms with Crippen molar-refractivity contribution >= 4 is 56.4 Å². The summed E-state index contributed by atoms with van der Waals surface area (Å²) in [5, 5.41) is 9.35. The molecule has 1 unspecified atom stereocenters.